The number of nitrogens with two attached hydrogens (primary N) is 1. The summed E-state index contributed by atoms with van der Waals surface area (Å²) in [6.07, 6.45) is 2.93. The molecule has 0 saturated carbocycles. The largest absolute Gasteiger partial charge is 0.321 e. The lowest BCUT2D eigenvalue weighted by atomic mass is 9.97. The van der Waals surface area contributed by atoms with E-state index in [4.69, 9.17) is 5.14 Å². The van der Waals surface area contributed by atoms with Crippen molar-refractivity contribution in [2.75, 3.05) is 0 Å². The Kier molecular flexibility index (Phi) is 7.57. The molecule has 1 amide bonds. The molecule has 0 saturated heterocycles. The lowest BCUT2D eigenvalue weighted by Gasteiger charge is -2.13. The Balaban J connectivity index is 1.60. The number of imidazole rings is 1. The van der Waals surface area contributed by atoms with Crippen molar-refractivity contribution in [1.82, 2.24) is 14.5 Å². The van der Waals surface area contributed by atoms with E-state index in [1.54, 1.807) is 29.1 Å². The van der Waals surface area contributed by atoms with Gasteiger partial charge in [-0.25, -0.2) is 32.3 Å². The second kappa shape index (κ2) is 11.1. The normalized spacial score (nSPS) is 12.2. The van der Waals surface area contributed by atoms with Gasteiger partial charge < -0.3 is 4.57 Å². The molecule has 208 valence electrons. The van der Waals surface area contributed by atoms with E-state index in [0.29, 0.717) is 11.1 Å². The number of halogens is 2. The highest BCUT2D eigenvalue weighted by molar-refractivity contribution is 7.89. The molecular formula is C30H25F2N5O3S. The molecule has 5 aromatic rings. The number of aryl methyl sites for hydroxylation is 2. The van der Waals surface area contributed by atoms with Gasteiger partial charge >= 0.3 is 0 Å². The zero-order valence-corrected chi connectivity index (χ0v) is 23.0. The number of benzene rings is 3. The maximum Gasteiger partial charge on any atom is 0.265 e. The molecule has 3 aromatic carbocycles. The molecule has 0 aliphatic carbocycles. The summed E-state index contributed by atoms with van der Waals surface area (Å²) < 4.78 is 53.8. The molecule has 0 fully saturated rings. The van der Waals surface area contributed by atoms with Gasteiger partial charge in [-0.2, -0.15) is 0 Å². The number of hydrogen-bond acceptors (Lipinski definition) is 5. The maximum absolute atomic E-state index is 14.1. The first-order valence-corrected chi connectivity index (χ1v) is 14.1. The summed E-state index contributed by atoms with van der Waals surface area (Å²) in [5.41, 5.74) is 5.17. The van der Waals surface area contributed by atoms with Gasteiger partial charge in [0, 0.05) is 24.2 Å². The number of fused-ring (bicyclic) bond motifs is 1. The number of pyridine rings is 1. The average molecular weight is 574 g/mol. The van der Waals surface area contributed by atoms with E-state index < -0.39 is 27.6 Å². The molecule has 5 rings (SSSR count). The first kappa shape index (κ1) is 27.9. The fraction of sp³-hybridized carbons (Fsp3) is 0.133. The van der Waals surface area contributed by atoms with Gasteiger partial charge in [0.1, 0.15) is 18.2 Å². The van der Waals surface area contributed by atoms with E-state index >= 15 is 0 Å². The number of primary sulfonamides is 1. The van der Waals surface area contributed by atoms with Crippen LogP contribution in [0.3, 0.4) is 0 Å². The van der Waals surface area contributed by atoms with E-state index in [2.05, 4.69) is 15.0 Å². The predicted molar refractivity (Wildman–Crippen MR) is 152 cm³/mol. The third-order valence-electron chi connectivity index (χ3n) is 6.65. The minimum absolute atomic E-state index is 0.107. The van der Waals surface area contributed by atoms with Crippen LogP contribution in [-0.4, -0.2) is 34.6 Å². The highest BCUT2D eigenvalue weighted by Crippen LogP contribution is 2.26. The summed E-state index contributed by atoms with van der Waals surface area (Å²) in [5, 5.41) is 5.33. The van der Waals surface area contributed by atoms with Gasteiger partial charge in [-0.05, 0) is 78.6 Å². The van der Waals surface area contributed by atoms with Crippen molar-refractivity contribution < 1.29 is 22.0 Å². The number of aromatic nitrogens is 3. The Bertz CT molecular complexity index is 1930. The van der Waals surface area contributed by atoms with Crippen LogP contribution in [0.1, 0.15) is 22.4 Å². The quantitative estimate of drug-likeness (QED) is 0.278. The smallest absolute Gasteiger partial charge is 0.265 e. The molecule has 0 aliphatic rings. The Hall–Kier alpha value is -4.61. The van der Waals surface area contributed by atoms with Crippen molar-refractivity contribution in [2.45, 2.75) is 31.7 Å². The maximum atomic E-state index is 14.1. The summed E-state index contributed by atoms with van der Waals surface area (Å²) in [5.74, 6) is -2.09. The second-order valence-corrected chi connectivity index (χ2v) is 11.2. The van der Waals surface area contributed by atoms with Gasteiger partial charge in [0.15, 0.2) is 0 Å². The van der Waals surface area contributed by atoms with E-state index in [1.165, 1.54) is 24.4 Å². The van der Waals surface area contributed by atoms with Crippen LogP contribution in [0.25, 0.3) is 22.2 Å². The summed E-state index contributed by atoms with van der Waals surface area (Å²) in [4.78, 5) is 26.4. The van der Waals surface area contributed by atoms with Crippen LogP contribution >= 0.6 is 0 Å². The molecule has 11 heteroatoms. The summed E-state index contributed by atoms with van der Waals surface area (Å²) in [6, 6.07) is 16.2. The number of aliphatic imine (C=N–C) groups is 1. The van der Waals surface area contributed by atoms with Crippen molar-refractivity contribution in [3.05, 3.63) is 113 Å². The van der Waals surface area contributed by atoms with E-state index in [-0.39, 0.29) is 34.8 Å². The lowest BCUT2D eigenvalue weighted by Crippen LogP contribution is -2.16. The molecule has 41 heavy (non-hydrogen) atoms. The van der Waals surface area contributed by atoms with Gasteiger partial charge in [-0.3, -0.25) is 9.78 Å². The molecule has 0 spiro atoms. The Morgan fingerprint density at radius 2 is 1.68 bits per heavy atom. The summed E-state index contributed by atoms with van der Waals surface area (Å²) >= 11 is 0. The number of sulfonamides is 1. The predicted octanol–water partition coefficient (Wildman–Crippen LogP) is 4.90. The molecule has 2 aromatic heterocycles. The number of nitrogens with zero attached hydrogens (tertiary/aromatic N) is 4. The molecule has 0 aliphatic heterocycles. The topological polar surface area (TPSA) is 120 Å². The second-order valence-electron chi connectivity index (χ2n) is 9.68. The van der Waals surface area contributed by atoms with Crippen LogP contribution in [0.15, 0.2) is 89.1 Å². The van der Waals surface area contributed by atoms with E-state index in [0.717, 1.165) is 40.4 Å². The summed E-state index contributed by atoms with van der Waals surface area (Å²) in [7, 11) is -3.99. The number of amides is 1. The molecule has 0 bridgehead atoms. The van der Waals surface area contributed by atoms with Crippen LogP contribution in [-0.2, 0) is 27.8 Å². The van der Waals surface area contributed by atoms with Crippen LogP contribution in [0, 0.1) is 25.5 Å². The monoisotopic (exact) mass is 573 g/mol. The molecule has 2 N–H and O–H groups in total. The molecule has 0 atom stereocenters. The Morgan fingerprint density at radius 3 is 2.41 bits per heavy atom. The van der Waals surface area contributed by atoms with Crippen LogP contribution in [0.2, 0.25) is 0 Å². The van der Waals surface area contributed by atoms with Crippen molar-refractivity contribution in [1.29, 1.82) is 0 Å². The number of hydrogen-bond donors (Lipinski definition) is 1. The first-order valence-electron chi connectivity index (χ1n) is 12.5. The molecular weight excluding hydrogens is 548 g/mol. The van der Waals surface area contributed by atoms with E-state index in [1.807, 2.05) is 26.0 Å². The lowest BCUT2D eigenvalue weighted by molar-refractivity contribution is -0.118. The fourth-order valence-corrected chi connectivity index (χ4v) is 5.12. The molecule has 8 nitrogen and oxygen atoms in total. The molecule has 0 unspecified atom stereocenters. The van der Waals surface area contributed by atoms with Gasteiger partial charge in [-0.15, -0.1) is 0 Å². The minimum atomic E-state index is -3.99. The van der Waals surface area contributed by atoms with E-state index in [9.17, 15) is 22.0 Å². The van der Waals surface area contributed by atoms with Crippen molar-refractivity contribution in [3.63, 3.8) is 0 Å². The van der Waals surface area contributed by atoms with Crippen molar-refractivity contribution >= 4 is 32.7 Å². The van der Waals surface area contributed by atoms with Crippen LogP contribution < -0.4 is 5.14 Å². The van der Waals surface area contributed by atoms with Crippen LogP contribution in [0.4, 0.5) is 8.78 Å². The zero-order valence-electron chi connectivity index (χ0n) is 22.2. The van der Waals surface area contributed by atoms with Crippen molar-refractivity contribution in [3.8, 4) is 11.1 Å². The van der Waals surface area contributed by atoms with Gasteiger partial charge in [0.2, 0.25) is 10.0 Å². The molecule has 2 heterocycles. The van der Waals surface area contributed by atoms with Gasteiger partial charge in [0.05, 0.1) is 33.7 Å². The standard InChI is InChI=1S/C30H25F2N5O3S/c1-18-9-26-28(10-19(18)2)37(17-35-26)16-29(38)36-27(13-20-11-22(31)15-23(32)12-20)30-25(7-4-8-34-30)21-5-3-6-24(14-21)41(33,39)40/h3-12,14-15,17H,13,16H2,1-2H3,(H2,33,39,40). The highest BCUT2D eigenvalue weighted by atomic mass is 32.2. The number of carbonyl (C=O) groups excluding carboxylic acids is 1. The Morgan fingerprint density at radius 1 is 0.951 bits per heavy atom. The number of carbonyl (C=O) groups is 1. The van der Waals surface area contributed by atoms with Crippen molar-refractivity contribution in [2.24, 2.45) is 10.1 Å². The fourth-order valence-electron chi connectivity index (χ4n) is 4.56. The number of rotatable bonds is 7. The van der Waals surface area contributed by atoms with Crippen LogP contribution in [0.5, 0.6) is 0 Å². The third-order valence-corrected chi connectivity index (χ3v) is 7.56. The zero-order chi connectivity index (χ0) is 29.3. The minimum Gasteiger partial charge on any atom is -0.321 e. The Labute approximate surface area is 235 Å². The average Bonchev–Trinajstić information content (AvgIpc) is 3.28. The SMILES string of the molecule is Cc1cc2ncn(CC(=O)N=C(Cc3cc(F)cc(F)c3)c3ncccc3-c3cccc(S(N)(=O)=O)c3)c2cc1C. The van der Waals surface area contributed by atoms with Gasteiger partial charge in [0.25, 0.3) is 5.91 Å². The van der Waals surface area contributed by atoms with Gasteiger partial charge in [-0.1, -0.05) is 18.2 Å². The summed E-state index contributed by atoms with van der Waals surface area (Å²) in [6.45, 7) is 3.81. The first-order chi connectivity index (χ1) is 19.5. The highest BCUT2D eigenvalue weighted by Gasteiger charge is 2.18. The third kappa shape index (κ3) is 6.26. The molecule has 0 radical (unpaired) electrons.